The minimum absolute atomic E-state index is 0.198. The summed E-state index contributed by atoms with van der Waals surface area (Å²) < 4.78 is 11.4. The lowest BCUT2D eigenvalue weighted by Gasteiger charge is -2.22. The van der Waals surface area contributed by atoms with E-state index in [-0.39, 0.29) is 27.5 Å². The third-order valence-corrected chi connectivity index (χ3v) is 7.09. The Balaban J connectivity index is 1.70. The van der Waals surface area contributed by atoms with E-state index in [1.54, 1.807) is 48.5 Å². The van der Waals surface area contributed by atoms with Crippen molar-refractivity contribution in [1.82, 2.24) is 4.98 Å². The van der Waals surface area contributed by atoms with Crippen LogP contribution in [0, 0.1) is 10.1 Å². The number of fused-ring (bicyclic) bond motifs is 1. The van der Waals surface area contributed by atoms with Crippen LogP contribution in [0.25, 0.3) is 16.0 Å². The number of carbonyl (C=O) groups is 2. The molecule has 192 valence electrons. The van der Waals surface area contributed by atoms with E-state index < -0.39 is 28.4 Å². The molecule has 2 heterocycles. The number of ketones is 1. The zero-order valence-corrected chi connectivity index (χ0v) is 21.1. The Labute approximate surface area is 220 Å². The lowest BCUT2D eigenvalue weighted by atomic mass is 9.95. The van der Waals surface area contributed by atoms with Gasteiger partial charge in [-0.25, -0.2) is 4.98 Å². The number of carbonyl (C=O) groups excluding carboxylic acids is 2. The second kappa shape index (κ2) is 9.94. The first-order valence-electron chi connectivity index (χ1n) is 11.6. The topological polar surface area (TPSA) is 132 Å². The number of aliphatic hydroxyl groups is 1. The number of benzene rings is 3. The fourth-order valence-corrected chi connectivity index (χ4v) is 5.33. The third-order valence-electron chi connectivity index (χ3n) is 6.07. The number of aromatic nitrogens is 1. The van der Waals surface area contributed by atoms with E-state index in [0.29, 0.717) is 28.3 Å². The van der Waals surface area contributed by atoms with Crippen LogP contribution in [0.5, 0.6) is 11.5 Å². The highest BCUT2D eigenvalue weighted by atomic mass is 32.1. The number of nitrogens with zero attached hydrogens (tertiary/aromatic N) is 3. The van der Waals surface area contributed by atoms with Crippen molar-refractivity contribution in [2.24, 2.45) is 0 Å². The first kappa shape index (κ1) is 24.9. The highest BCUT2D eigenvalue weighted by molar-refractivity contribution is 7.22. The number of hydrogen-bond acceptors (Lipinski definition) is 9. The molecular formula is C27H21N3O7S. The van der Waals surface area contributed by atoms with Gasteiger partial charge in [0.05, 0.1) is 40.5 Å². The summed E-state index contributed by atoms with van der Waals surface area (Å²) in [5.74, 6) is -1.07. The number of Topliss-reactive ketones (excluding diaryl/α,β-unsaturated/α-hetero) is 1. The van der Waals surface area contributed by atoms with Gasteiger partial charge < -0.3 is 14.6 Å². The molecule has 0 aliphatic carbocycles. The molecule has 1 unspecified atom stereocenters. The van der Waals surface area contributed by atoms with Crippen molar-refractivity contribution in [2.45, 2.75) is 13.0 Å². The Kier molecular flexibility index (Phi) is 6.52. The van der Waals surface area contributed by atoms with Crippen LogP contribution in [-0.4, -0.2) is 40.4 Å². The van der Waals surface area contributed by atoms with Gasteiger partial charge in [-0.3, -0.25) is 24.6 Å². The van der Waals surface area contributed by atoms with Gasteiger partial charge in [0.2, 0.25) is 0 Å². The van der Waals surface area contributed by atoms with Gasteiger partial charge in [0, 0.05) is 17.7 Å². The fraction of sp³-hybridized carbons (Fsp3) is 0.148. The summed E-state index contributed by atoms with van der Waals surface area (Å²) in [6, 6.07) is 16.1. The monoisotopic (exact) mass is 531 g/mol. The number of anilines is 1. The van der Waals surface area contributed by atoms with E-state index >= 15 is 0 Å². The number of amides is 1. The quantitative estimate of drug-likeness (QED) is 0.113. The maximum Gasteiger partial charge on any atom is 0.301 e. The zero-order chi connectivity index (χ0) is 27.0. The Morgan fingerprint density at radius 2 is 1.84 bits per heavy atom. The van der Waals surface area contributed by atoms with E-state index in [4.69, 9.17) is 9.47 Å². The van der Waals surface area contributed by atoms with Crippen LogP contribution in [0.3, 0.4) is 0 Å². The largest absolute Gasteiger partial charge is 0.507 e. The molecule has 3 aromatic carbocycles. The Hall–Kier alpha value is -4.77. The molecule has 38 heavy (non-hydrogen) atoms. The number of hydrogen-bond donors (Lipinski definition) is 1. The number of ether oxygens (including phenoxy) is 2. The summed E-state index contributed by atoms with van der Waals surface area (Å²) in [5.41, 5.74) is 0.732. The number of rotatable bonds is 7. The van der Waals surface area contributed by atoms with Crippen LogP contribution in [0.15, 0.2) is 72.3 Å². The van der Waals surface area contributed by atoms with Crippen molar-refractivity contribution in [3.8, 4) is 11.5 Å². The maximum atomic E-state index is 13.4. The van der Waals surface area contributed by atoms with Crippen LogP contribution >= 0.6 is 11.3 Å². The smallest absolute Gasteiger partial charge is 0.301 e. The van der Waals surface area contributed by atoms with Gasteiger partial charge in [-0.2, -0.15) is 0 Å². The average Bonchev–Trinajstić information content (AvgIpc) is 3.46. The minimum Gasteiger partial charge on any atom is -0.507 e. The predicted molar refractivity (Wildman–Crippen MR) is 142 cm³/mol. The van der Waals surface area contributed by atoms with Gasteiger partial charge in [-0.05, 0) is 55.0 Å². The molecule has 5 rings (SSSR count). The van der Waals surface area contributed by atoms with Crippen molar-refractivity contribution in [3.05, 3.63) is 93.5 Å². The van der Waals surface area contributed by atoms with Crippen molar-refractivity contribution in [3.63, 3.8) is 0 Å². The molecule has 1 aliphatic heterocycles. The molecule has 0 spiro atoms. The van der Waals surface area contributed by atoms with Gasteiger partial charge >= 0.3 is 5.91 Å². The van der Waals surface area contributed by atoms with Gasteiger partial charge in [-0.1, -0.05) is 23.5 Å². The number of aliphatic hydroxyl groups excluding tert-OH is 1. The predicted octanol–water partition coefficient (Wildman–Crippen LogP) is 5.24. The van der Waals surface area contributed by atoms with Crippen molar-refractivity contribution < 1.29 is 29.1 Å². The SMILES string of the molecule is CCOc1ccc(C(O)=C2C(=O)C(=O)N(c3nc4ccc(OC)cc4s3)C2c2cccc([N+](=O)[O-])c2)cc1. The summed E-state index contributed by atoms with van der Waals surface area (Å²) in [4.78, 5) is 43.5. The van der Waals surface area contributed by atoms with Crippen LogP contribution < -0.4 is 14.4 Å². The van der Waals surface area contributed by atoms with Gasteiger partial charge in [-0.15, -0.1) is 0 Å². The minimum atomic E-state index is -1.15. The van der Waals surface area contributed by atoms with Crippen LogP contribution in [0.2, 0.25) is 0 Å². The van der Waals surface area contributed by atoms with Crippen molar-refractivity contribution >= 4 is 49.8 Å². The standard InChI is InChI=1S/C27H21N3O7S/c1-3-37-18-9-7-15(8-10-18)24(31)22-23(16-5-4-6-17(13-16)30(34)35)29(26(33)25(22)32)27-28-20-12-11-19(36-2)14-21(20)38-27/h4-14,23,31H,3H2,1-2H3. The molecule has 1 aromatic heterocycles. The van der Waals surface area contributed by atoms with Crippen LogP contribution in [0.1, 0.15) is 24.1 Å². The molecule has 10 nitrogen and oxygen atoms in total. The Morgan fingerprint density at radius 3 is 2.53 bits per heavy atom. The zero-order valence-electron chi connectivity index (χ0n) is 20.3. The molecule has 1 saturated heterocycles. The highest BCUT2D eigenvalue weighted by Crippen LogP contribution is 2.45. The van der Waals surface area contributed by atoms with E-state index in [1.807, 2.05) is 6.92 Å². The Bertz CT molecular complexity index is 1610. The summed E-state index contributed by atoms with van der Waals surface area (Å²) in [6.07, 6.45) is 0. The van der Waals surface area contributed by atoms with Gasteiger partial charge in [0.15, 0.2) is 5.13 Å². The van der Waals surface area contributed by atoms with Crippen LogP contribution in [-0.2, 0) is 9.59 Å². The van der Waals surface area contributed by atoms with E-state index in [9.17, 15) is 24.8 Å². The molecular weight excluding hydrogens is 510 g/mol. The van der Waals surface area contributed by atoms with Crippen molar-refractivity contribution in [2.75, 3.05) is 18.6 Å². The molecule has 11 heteroatoms. The highest BCUT2D eigenvalue weighted by Gasteiger charge is 2.48. The summed E-state index contributed by atoms with van der Waals surface area (Å²) in [5, 5.41) is 23.0. The summed E-state index contributed by atoms with van der Waals surface area (Å²) in [6.45, 7) is 2.30. The maximum absolute atomic E-state index is 13.4. The van der Waals surface area contributed by atoms with Crippen molar-refractivity contribution in [1.29, 1.82) is 0 Å². The lowest BCUT2D eigenvalue weighted by Crippen LogP contribution is -2.29. The number of nitro benzene ring substituents is 1. The number of non-ortho nitro benzene ring substituents is 1. The lowest BCUT2D eigenvalue weighted by molar-refractivity contribution is -0.384. The molecule has 1 aliphatic rings. The summed E-state index contributed by atoms with van der Waals surface area (Å²) >= 11 is 1.16. The Morgan fingerprint density at radius 1 is 1.11 bits per heavy atom. The van der Waals surface area contributed by atoms with Gasteiger partial charge in [0.25, 0.3) is 11.5 Å². The molecule has 0 saturated carbocycles. The van der Waals surface area contributed by atoms with Crippen LogP contribution in [0.4, 0.5) is 10.8 Å². The number of methoxy groups -OCH3 is 1. The number of nitro groups is 1. The fourth-order valence-electron chi connectivity index (χ4n) is 4.31. The second-order valence-electron chi connectivity index (χ2n) is 8.31. The summed E-state index contributed by atoms with van der Waals surface area (Å²) in [7, 11) is 1.53. The molecule has 1 atom stereocenters. The normalized spacial score (nSPS) is 16.7. The first-order chi connectivity index (χ1) is 18.3. The second-order valence-corrected chi connectivity index (χ2v) is 9.32. The molecule has 1 fully saturated rings. The molecule has 4 aromatic rings. The van der Waals surface area contributed by atoms with E-state index in [1.165, 1.54) is 30.2 Å². The molecule has 0 radical (unpaired) electrons. The molecule has 1 amide bonds. The first-order valence-corrected chi connectivity index (χ1v) is 12.4. The third kappa shape index (κ3) is 4.33. The average molecular weight is 532 g/mol. The van der Waals surface area contributed by atoms with E-state index in [0.717, 1.165) is 11.3 Å². The molecule has 1 N–H and O–H groups in total. The van der Waals surface area contributed by atoms with Gasteiger partial charge in [0.1, 0.15) is 17.3 Å². The molecule has 0 bridgehead atoms. The number of thiazole rings is 1. The van der Waals surface area contributed by atoms with E-state index in [2.05, 4.69) is 4.98 Å².